The van der Waals surface area contributed by atoms with Crippen molar-refractivity contribution in [3.8, 4) is 0 Å². The highest BCUT2D eigenvalue weighted by Gasteiger charge is 2.52. The van der Waals surface area contributed by atoms with E-state index in [1.807, 2.05) is 0 Å². The van der Waals surface area contributed by atoms with Crippen molar-refractivity contribution >= 4 is 12.3 Å². The van der Waals surface area contributed by atoms with Gasteiger partial charge in [-0.25, -0.2) is 4.79 Å². The Hall–Kier alpha value is -1.84. The number of fused-ring (bicyclic) bond motifs is 8. The number of aliphatic hydroxyl groups excluding tert-OH is 5. The van der Waals surface area contributed by atoms with E-state index in [1.54, 1.807) is 6.92 Å². The first kappa shape index (κ1) is 36.4. The first-order valence-corrected chi connectivity index (χ1v) is 18.3. The van der Waals surface area contributed by atoms with Gasteiger partial charge >= 0.3 is 5.97 Å². The van der Waals surface area contributed by atoms with Crippen LogP contribution in [-0.2, 0) is 14.3 Å². The van der Waals surface area contributed by atoms with Gasteiger partial charge in [-0.1, -0.05) is 43.7 Å². The molecule has 8 rings (SSSR count). The van der Waals surface area contributed by atoms with Gasteiger partial charge in [0.1, 0.15) is 6.29 Å². The molecule has 5 N–H and O–H groups in total. The Balaban J connectivity index is 0.000000126. The quantitative estimate of drug-likeness (QED) is 0.105. The van der Waals surface area contributed by atoms with Gasteiger partial charge in [-0.05, 0) is 118 Å². The maximum atomic E-state index is 11.4. The van der Waals surface area contributed by atoms with Crippen LogP contribution in [0.3, 0.4) is 0 Å². The van der Waals surface area contributed by atoms with E-state index < -0.39 is 0 Å². The summed E-state index contributed by atoms with van der Waals surface area (Å²) >= 11 is 0. The number of esters is 1. The molecule has 0 spiro atoms. The van der Waals surface area contributed by atoms with Gasteiger partial charge in [0.05, 0.1) is 39.6 Å². The van der Waals surface area contributed by atoms with Gasteiger partial charge in [0.25, 0.3) is 0 Å². The molecular formula is C39H60O8. The molecule has 0 amide bonds. The highest BCUT2D eigenvalue weighted by molar-refractivity contribution is 5.86. The summed E-state index contributed by atoms with van der Waals surface area (Å²) in [7, 11) is 0. The average molecular weight is 657 g/mol. The third-order valence-electron chi connectivity index (χ3n) is 13.8. The summed E-state index contributed by atoms with van der Waals surface area (Å²) in [5, 5.41) is 46.2. The van der Waals surface area contributed by atoms with E-state index in [2.05, 4.69) is 30.9 Å². The molecule has 47 heavy (non-hydrogen) atoms. The highest BCUT2D eigenvalue weighted by atomic mass is 16.5. The third-order valence-corrected chi connectivity index (χ3v) is 13.8. The van der Waals surface area contributed by atoms with Gasteiger partial charge in [0.2, 0.25) is 0 Å². The van der Waals surface area contributed by atoms with Crippen molar-refractivity contribution in [2.75, 3.05) is 39.6 Å². The van der Waals surface area contributed by atoms with Crippen molar-refractivity contribution in [2.45, 2.75) is 84.0 Å². The minimum Gasteiger partial charge on any atom is -0.462 e. The highest BCUT2D eigenvalue weighted by Crippen LogP contribution is 2.56. The largest absolute Gasteiger partial charge is 0.462 e. The van der Waals surface area contributed by atoms with Crippen molar-refractivity contribution in [1.29, 1.82) is 0 Å². The van der Waals surface area contributed by atoms with Gasteiger partial charge in [0.15, 0.2) is 0 Å². The van der Waals surface area contributed by atoms with E-state index in [4.69, 9.17) is 14.9 Å². The third kappa shape index (κ3) is 7.52. The number of ether oxygens (including phenoxy) is 1. The van der Waals surface area contributed by atoms with E-state index >= 15 is 0 Å². The smallest absolute Gasteiger partial charge is 0.333 e. The molecule has 10 atom stereocenters. The minimum absolute atomic E-state index is 0.0943. The second-order valence-corrected chi connectivity index (χ2v) is 16.7. The van der Waals surface area contributed by atoms with Gasteiger partial charge in [-0.3, -0.25) is 0 Å². The molecule has 0 aromatic heterocycles. The number of hydrogen-bond donors (Lipinski definition) is 5. The summed E-state index contributed by atoms with van der Waals surface area (Å²) in [5.41, 5.74) is -0.00709. The number of carbonyl (C=O) groups excluding carboxylic acids is 2. The lowest BCUT2D eigenvalue weighted by atomic mass is 9.74. The molecule has 0 aromatic rings. The number of hydrogen-bond acceptors (Lipinski definition) is 8. The molecule has 0 radical (unpaired) electrons. The van der Waals surface area contributed by atoms with E-state index in [0.717, 1.165) is 56.1 Å². The van der Waals surface area contributed by atoms with Crippen LogP contribution in [0.15, 0.2) is 36.5 Å². The van der Waals surface area contributed by atoms with E-state index in [0.29, 0.717) is 47.7 Å². The molecule has 8 heteroatoms. The number of allylic oxidation sites excluding steroid dienone is 4. The summed E-state index contributed by atoms with van der Waals surface area (Å²) in [5.74, 6) is 5.12. The molecule has 0 aromatic carbocycles. The van der Waals surface area contributed by atoms with Crippen LogP contribution >= 0.6 is 0 Å². The molecule has 264 valence electrons. The molecule has 6 saturated carbocycles. The van der Waals surface area contributed by atoms with Gasteiger partial charge < -0.3 is 35.1 Å². The monoisotopic (exact) mass is 656 g/mol. The summed E-state index contributed by atoms with van der Waals surface area (Å²) in [6.07, 6.45) is 23.9. The molecule has 0 saturated heterocycles. The molecule has 10 unspecified atom stereocenters. The summed E-state index contributed by atoms with van der Waals surface area (Å²) < 4.78 is 5.24. The van der Waals surface area contributed by atoms with E-state index in [9.17, 15) is 24.9 Å². The first-order valence-electron chi connectivity index (χ1n) is 18.3. The topological polar surface area (TPSA) is 145 Å². The Morgan fingerprint density at radius 3 is 1.60 bits per heavy atom. The summed E-state index contributed by atoms with van der Waals surface area (Å²) in [6, 6.07) is 0. The standard InChI is InChI=1S/C13H20O3.C9H16O2.C9H14O2.C8H10O/c1-9(2)12(15)16-8-13(7-14)6-10-3-4-11(13)5-10;2*10-5-9(6-11)4-7-1-2-8(9)3-7;9-5-8-4-6-1-2-7(8)3-6/h10-11,14H,1,3-8H2,2H3;7-8,10-11H,1-6H2;1-2,7-8,10-11H,3-6H2;1-2,5-8H,3-4H2. The predicted octanol–water partition coefficient (Wildman–Crippen LogP) is 4.63. The van der Waals surface area contributed by atoms with Crippen LogP contribution in [-0.4, -0.2) is 77.4 Å². The molecule has 8 aliphatic rings. The zero-order chi connectivity index (χ0) is 33.8. The first-order chi connectivity index (χ1) is 22.6. The van der Waals surface area contributed by atoms with Crippen LogP contribution < -0.4 is 0 Å². The molecule has 8 nitrogen and oxygen atoms in total. The lowest BCUT2D eigenvalue weighted by Gasteiger charge is -2.35. The van der Waals surface area contributed by atoms with Gasteiger partial charge in [0, 0.05) is 27.7 Å². The molecular weight excluding hydrogens is 596 g/mol. The average Bonchev–Trinajstić information content (AvgIpc) is 3.97. The Labute approximate surface area is 281 Å². The normalized spacial score (nSPS) is 39.5. The van der Waals surface area contributed by atoms with Gasteiger partial charge in [-0.15, -0.1) is 0 Å². The lowest BCUT2D eigenvalue weighted by molar-refractivity contribution is -0.145. The number of rotatable bonds is 9. The molecule has 8 bridgehead atoms. The lowest BCUT2D eigenvalue weighted by Crippen LogP contribution is -2.37. The fourth-order valence-corrected chi connectivity index (χ4v) is 10.7. The minimum atomic E-state index is -0.337. The summed E-state index contributed by atoms with van der Waals surface area (Å²) in [4.78, 5) is 21.7. The van der Waals surface area contributed by atoms with Crippen LogP contribution in [0.5, 0.6) is 0 Å². The second-order valence-electron chi connectivity index (χ2n) is 16.7. The molecule has 8 aliphatic carbocycles. The van der Waals surface area contributed by atoms with Crippen LogP contribution in [0.25, 0.3) is 0 Å². The fraction of sp³-hybridized carbons (Fsp3) is 0.795. The number of aldehydes is 1. The number of aliphatic hydroxyl groups is 5. The van der Waals surface area contributed by atoms with Crippen LogP contribution in [0.4, 0.5) is 0 Å². The second kappa shape index (κ2) is 15.4. The fourth-order valence-electron chi connectivity index (χ4n) is 10.7. The van der Waals surface area contributed by atoms with Crippen molar-refractivity contribution in [2.24, 2.45) is 69.5 Å². The maximum absolute atomic E-state index is 11.4. The number of carbonyl (C=O) groups is 2. The van der Waals surface area contributed by atoms with Gasteiger partial charge in [-0.2, -0.15) is 0 Å². The Morgan fingerprint density at radius 2 is 1.30 bits per heavy atom. The van der Waals surface area contributed by atoms with Crippen molar-refractivity contribution in [3.05, 3.63) is 36.5 Å². The molecule has 0 aliphatic heterocycles. The maximum Gasteiger partial charge on any atom is 0.333 e. The Bertz CT molecular complexity index is 1150. The molecule has 0 heterocycles. The Morgan fingerprint density at radius 1 is 0.723 bits per heavy atom. The van der Waals surface area contributed by atoms with Crippen molar-refractivity contribution in [1.82, 2.24) is 0 Å². The SMILES string of the molecule is C=C(C)C(=O)OCC1(CO)CC2CCC1C2.O=CC1CC2C=CC1C2.OCC1(CO)CC2C=CC1C2.OCC1(CO)CC2CCC1C2. The van der Waals surface area contributed by atoms with Crippen LogP contribution in [0.2, 0.25) is 0 Å². The summed E-state index contributed by atoms with van der Waals surface area (Å²) in [6.45, 7) is 6.34. The van der Waals surface area contributed by atoms with Crippen LogP contribution in [0, 0.1) is 69.5 Å². The van der Waals surface area contributed by atoms with Crippen LogP contribution in [0.1, 0.15) is 84.0 Å². The van der Waals surface area contributed by atoms with Crippen molar-refractivity contribution < 1.29 is 39.9 Å². The Kier molecular flexibility index (Phi) is 11.9. The zero-order valence-corrected chi connectivity index (χ0v) is 28.5. The molecule has 6 fully saturated rings. The van der Waals surface area contributed by atoms with Crippen molar-refractivity contribution in [3.63, 3.8) is 0 Å². The van der Waals surface area contributed by atoms with E-state index in [1.165, 1.54) is 44.9 Å². The zero-order valence-electron chi connectivity index (χ0n) is 28.5. The predicted molar refractivity (Wildman–Crippen MR) is 180 cm³/mol. The van der Waals surface area contributed by atoms with E-state index in [-0.39, 0.29) is 55.2 Å².